The van der Waals surface area contributed by atoms with Crippen LogP contribution in [0.3, 0.4) is 0 Å². The zero-order valence-electron chi connectivity index (χ0n) is 18.0. The lowest BCUT2D eigenvalue weighted by atomic mass is 10.0. The largest absolute Gasteiger partial charge is 0.383 e. The molecule has 0 aliphatic carbocycles. The van der Waals surface area contributed by atoms with E-state index in [2.05, 4.69) is 19.6 Å². The number of carbonyl (C=O) groups is 1. The second kappa shape index (κ2) is 9.87. The third-order valence-electron chi connectivity index (χ3n) is 5.23. The number of carbonyl (C=O) groups excluding carboxylic acids is 1. The molecule has 10 heteroatoms. The molecule has 0 aliphatic rings. The average molecular weight is 478 g/mol. The van der Waals surface area contributed by atoms with Gasteiger partial charge >= 0.3 is 0 Å². The molecule has 0 saturated carbocycles. The lowest BCUT2D eigenvalue weighted by molar-refractivity contribution is -0.114. The number of anilines is 2. The van der Waals surface area contributed by atoms with Crippen LogP contribution in [0.2, 0.25) is 0 Å². The van der Waals surface area contributed by atoms with Crippen molar-refractivity contribution in [2.45, 2.75) is 11.8 Å². The fourth-order valence-corrected chi connectivity index (χ4v) is 4.08. The van der Waals surface area contributed by atoms with Gasteiger partial charge in [0, 0.05) is 28.9 Å². The maximum atomic E-state index is 14.9. The summed E-state index contributed by atoms with van der Waals surface area (Å²) in [5.41, 5.74) is 7.79. The summed E-state index contributed by atoms with van der Waals surface area (Å²) in [6.45, 7) is 1.51. The molecule has 8 nitrogen and oxygen atoms in total. The van der Waals surface area contributed by atoms with Crippen LogP contribution in [0, 0.1) is 0 Å². The molecule has 1 atom stereocenters. The Morgan fingerprint density at radius 1 is 1.09 bits per heavy atom. The standard InChI is InChI=1S/C24H20FN5O3S/c1-14(16-7-6-15-10-11-28-23(26)19(15)12-16)22(25)24(31)30-21-9-8-17(13-29-21)18-4-2-3-5-20(18)34(32)33-27/h2-13H,27H2,1H3,(H2,26,28)(H,29,30,31). The summed E-state index contributed by atoms with van der Waals surface area (Å²) in [5, 5.41) is 3.98. The highest BCUT2D eigenvalue weighted by atomic mass is 32.2. The van der Waals surface area contributed by atoms with Gasteiger partial charge in [0.05, 0.1) is 4.90 Å². The maximum Gasteiger partial charge on any atom is 0.285 e. The van der Waals surface area contributed by atoms with Crippen molar-refractivity contribution in [3.63, 3.8) is 0 Å². The van der Waals surface area contributed by atoms with Gasteiger partial charge in [-0.25, -0.2) is 18.6 Å². The molecule has 2 heterocycles. The van der Waals surface area contributed by atoms with E-state index in [9.17, 15) is 13.4 Å². The van der Waals surface area contributed by atoms with Crippen molar-refractivity contribution < 1.29 is 17.7 Å². The molecule has 0 fully saturated rings. The van der Waals surface area contributed by atoms with E-state index >= 15 is 0 Å². The lowest BCUT2D eigenvalue weighted by Crippen LogP contribution is -2.14. The average Bonchev–Trinajstić information content (AvgIpc) is 2.88. The molecular formula is C24H20FN5O3S. The molecule has 0 bridgehead atoms. The van der Waals surface area contributed by atoms with Gasteiger partial charge in [0.15, 0.2) is 5.83 Å². The number of nitrogen functional groups attached to an aromatic ring is 1. The highest BCUT2D eigenvalue weighted by Crippen LogP contribution is 2.28. The summed E-state index contributed by atoms with van der Waals surface area (Å²) in [5.74, 6) is 3.64. The summed E-state index contributed by atoms with van der Waals surface area (Å²) >= 11 is -1.84. The van der Waals surface area contributed by atoms with Crippen LogP contribution in [0.25, 0.3) is 27.5 Å². The van der Waals surface area contributed by atoms with Gasteiger partial charge in [-0.05, 0) is 53.8 Å². The summed E-state index contributed by atoms with van der Waals surface area (Å²) in [6, 6.07) is 17.0. The predicted octanol–water partition coefficient (Wildman–Crippen LogP) is 4.13. The first-order valence-corrected chi connectivity index (χ1v) is 11.1. The van der Waals surface area contributed by atoms with E-state index < -0.39 is 22.8 Å². The number of pyridine rings is 2. The number of rotatable bonds is 6. The lowest BCUT2D eigenvalue weighted by Gasteiger charge is -2.10. The first-order valence-electron chi connectivity index (χ1n) is 10.1. The Hall–Kier alpha value is -3.99. The number of aromatic nitrogens is 2. The van der Waals surface area contributed by atoms with Gasteiger partial charge in [0.2, 0.25) is 11.1 Å². The van der Waals surface area contributed by atoms with E-state index in [-0.39, 0.29) is 11.4 Å². The Labute approximate surface area is 197 Å². The number of nitrogens with zero attached hydrogens (tertiary/aromatic N) is 2. The van der Waals surface area contributed by atoms with Crippen molar-refractivity contribution in [1.29, 1.82) is 0 Å². The number of amides is 1. The highest BCUT2D eigenvalue weighted by molar-refractivity contribution is 7.80. The molecule has 34 heavy (non-hydrogen) atoms. The zero-order chi connectivity index (χ0) is 24.2. The number of hydrogen-bond acceptors (Lipinski definition) is 7. The molecule has 1 unspecified atom stereocenters. The van der Waals surface area contributed by atoms with Crippen LogP contribution >= 0.6 is 0 Å². The summed E-state index contributed by atoms with van der Waals surface area (Å²) in [7, 11) is 0. The van der Waals surface area contributed by atoms with E-state index in [1.807, 2.05) is 0 Å². The highest BCUT2D eigenvalue weighted by Gasteiger charge is 2.16. The Bertz CT molecular complexity index is 1440. The third kappa shape index (κ3) is 4.69. The molecule has 0 aliphatic heterocycles. The second-order valence-electron chi connectivity index (χ2n) is 7.28. The van der Waals surface area contributed by atoms with Crippen molar-refractivity contribution in [2.24, 2.45) is 5.90 Å². The van der Waals surface area contributed by atoms with Crippen molar-refractivity contribution in [3.8, 4) is 11.1 Å². The molecule has 172 valence electrons. The molecule has 2 aromatic carbocycles. The molecule has 0 saturated heterocycles. The molecule has 1 amide bonds. The second-order valence-corrected chi connectivity index (χ2v) is 8.39. The summed E-state index contributed by atoms with van der Waals surface area (Å²) in [6.07, 6.45) is 3.06. The van der Waals surface area contributed by atoms with Crippen molar-refractivity contribution >= 4 is 45.0 Å². The van der Waals surface area contributed by atoms with Crippen molar-refractivity contribution in [1.82, 2.24) is 9.97 Å². The van der Waals surface area contributed by atoms with Crippen LogP contribution in [-0.4, -0.2) is 20.1 Å². The summed E-state index contributed by atoms with van der Waals surface area (Å²) in [4.78, 5) is 21.1. The first kappa shape index (κ1) is 23.2. The Morgan fingerprint density at radius 2 is 1.88 bits per heavy atom. The molecule has 4 aromatic rings. The minimum absolute atomic E-state index is 0.150. The topological polar surface area (TPSA) is 133 Å². The number of nitrogens with two attached hydrogens (primary N) is 2. The van der Waals surface area contributed by atoms with Gasteiger partial charge in [0.25, 0.3) is 5.91 Å². The molecule has 4 rings (SSSR count). The monoisotopic (exact) mass is 477 g/mol. The van der Waals surface area contributed by atoms with Crippen LogP contribution < -0.4 is 16.9 Å². The normalized spacial score (nSPS) is 12.8. The van der Waals surface area contributed by atoms with Gasteiger partial charge in [-0.3, -0.25) is 4.79 Å². The SMILES string of the molecule is CC(=C(F)C(=O)Nc1ccc(-c2ccccc2S(=O)ON)cn1)c1ccc2ccnc(N)c2c1. The predicted molar refractivity (Wildman–Crippen MR) is 130 cm³/mol. The van der Waals surface area contributed by atoms with E-state index in [4.69, 9.17) is 11.6 Å². The number of fused-ring (bicyclic) bond motifs is 1. The number of nitrogens with one attached hydrogen (secondary N) is 1. The van der Waals surface area contributed by atoms with E-state index in [0.717, 1.165) is 5.39 Å². The van der Waals surface area contributed by atoms with Gasteiger partial charge in [-0.15, -0.1) is 0 Å². The van der Waals surface area contributed by atoms with Gasteiger partial charge in [-0.2, -0.15) is 10.2 Å². The van der Waals surface area contributed by atoms with Gasteiger partial charge in [0.1, 0.15) is 11.6 Å². The van der Waals surface area contributed by atoms with E-state index in [1.165, 1.54) is 19.2 Å². The smallest absolute Gasteiger partial charge is 0.285 e. The fourth-order valence-electron chi connectivity index (χ4n) is 3.42. The zero-order valence-corrected chi connectivity index (χ0v) is 18.8. The summed E-state index contributed by atoms with van der Waals surface area (Å²) < 4.78 is 31.3. The Kier molecular flexibility index (Phi) is 6.73. The van der Waals surface area contributed by atoms with Crippen LogP contribution in [0.5, 0.6) is 0 Å². The molecule has 5 N–H and O–H groups in total. The maximum absolute atomic E-state index is 14.9. The Morgan fingerprint density at radius 3 is 2.62 bits per heavy atom. The van der Waals surface area contributed by atoms with Crippen LogP contribution in [0.1, 0.15) is 12.5 Å². The van der Waals surface area contributed by atoms with Gasteiger partial charge in [-0.1, -0.05) is 30.3 Å². The number of allylic oxidation sites excluding steroid dienone is 1. The third-order valence-corrected chi connectivity index (χ3v) is 6.12. The molecule has 0 spiro atoms. The number of halogens is 1. The minimum Gasteiger partial charge on any atom is -0.383 e. The molecular weight excluding hydrogens is 457 g/mol. The molecule has 2 aromatic heterocycles. The van der Waals surface area contributed by atoms with Crippen molar-refractivity contribution in [3.05, 3.63) is 84.4 Å². The van der Waals surface area contributed by atoms with E-state index in [0.29, 0.717) is 32.8 Å². The van der Waals surface area contributed by atoms with Crippen LogP contribution in [0.4, 0.5) is 16.0 Å². The van der Waals surface area contributed by atoms with Crippen LogP contribution in [-0.2, 0) is 20.2 Å². The van der Waals surface area contributed by atoms with Crippen LogP contribution in [0.15, 0.2) is 83.8 Å². The van der Waals surface area contributed by atoms with Crippen molar-refractivity contribution in [2.75, 3.05) is 11.1 Å². The van der Waals surface area contributed by atoms with E-state index in [1.54, 1.807) is 60.8 Å². The quantitative estimate of drug-likeness (QED) is 0.281. The molecule has 0 radical (unpaired) electrons. The minimum atomic E-state index is -1.84. The Balaban J connectivity index is 1.56. The number of benzene rings is 2. The fraction of sp³-hybridized carbons (Fsp3) is 0.0417. The first-order chi connectivity index (χ1) is 16.4. The van der Waals surface area contributed by atoms with Gasteiger partial charge < -0.3 is 11.1 Å². The number of hydrogen-bond donors (Lipinski definition) is 3.